The number of carbonyl (C=O) groups is 1. The number of benzene rings is 1. The molecule has 0 aliphatic carbocycles. The molecular formula is C15H14ClNO3. The van der Waals surface area contributed by atoms with E-state index in [4.69, 9.17) is 16.0 Å². The van der Waals surface area contributed by atoms with Crippen LogP contribution in [0, 0.1) is 20.8 Å². The van der Waals surface area contributed by atoms with Gasteiger partial charge in [0.1, 0.15) is 5.76 Å². The van der Waals surface area contributed by atoms with Crippen LogP contribution in [0.1, 0.15) is 27.2 Å². The molecule has 0 spiro atoms. The first-order valence-corrected chi connectivity index (χ1v) is 6.45. The molecule has 1 heterocycles. The second-order valence-corrected chi connectivity index (χ2v) is 5.03. The van der Waals surface area contributed by atoms with E-state index in [9.17, 15) is 9.59 Å². The number of rotatable bonds is 2. The zero-order chi connectivity index (χ0) is 14.9. The maximum atomic E-state index is 12.3. The molecule has 104 valence electrons. The second-order valence-electron chi connectivity index (χ2n) is 4.59. The van der Waals surface area contributed by atoms with Gasteiger partial charge < -0.3 is 9.73 Å². The van der Waals surface area contributed by atoms with E-state index in [1.807, 2.05) is 6.92 Å². The number of amides is 1. The Bertz CT molecular complexity index is 708. The predicted octanol–water partition coefficient (Wildman–Crippen LogP) is 3.47. The Kier molecular flexibility index (Phi) is 3.95. The lowest BCUT2D eigenvalue weighted by molar-refractivity contribution is 0.102. The molecule has 20 heavy (non-hydrogen) atoms. The van der Waals surface area contributed by atoms with Crippen molar-refractivity contribution in [2.75, 3.05) is 5.32 Å². The van der Waals surface area contributed by atoms with Crippen molar-refractivity contribution < 1.29 is 9.21 Å². The molecule has 0 saturated carbocycles. The summed E-state index contributed by atoms with van der Waals surface area (Å²) in [6, 6.07) is 6.51. The van der Waals surface area contributed by atoms with Crippen LogP contribution in [-0.2, 0) is 0 Å². The van der Waals surface area contributed by atoms with E-state index in [1.165, 1.54) is 6.07 Å². The van der Waals surface area contributed by atoms with Gasteiger partial charge in [0.15, 0.2) is 0 Å². The number of halogens is 1. The van der Waals surface area contributed by atoms with Gasteiger partial charge in [-0.05, 0) is 50.1 Å². The molecule has 1 aromatic carbocycles. The molecule has 2 rings (SSSR count). The summed E-state index contributed by atoms with van der Waals surface area (Å²) in [5.41, 5.74) is 2.03. The molecular weight excluding hydrogens is 278 g/mol. The van der Waals surface area contributed by atoms with Gasteiger partial charge in [-0.3, -0.25) is 4.79 Å². The second kappa shape index (κ2) is 5.51. The first-order chi connectivity index (χ1) is 9.38. The summed E-state index contributed by atoms with van der Waals surface area (Å²) in [4.78, 5) is 23.5. The summed E-state index contributed by atoms with van der Waals surface area (Å²) in [5.74, 6) is -0.00621. The summed E-state index contributed by atoms with van der Waals surface area (Å²) >= 11 is 5.88. The molecule has 1 aromatic heterocycles. The van der Waals surface area contributed by atoms with Crippen molar-refractivity contribution in [2.24, 2.45) is 0 Å². The Morgan fingerprint density at radius 2 is 1.85 bits per heavy atom. The Morgan fingerprint density at radius 1 is 1.15 bits per heavy atom. The van der Waals surface area contributed by atoms with E-state index in [-0.39, 0.29) is 5.91 Å². The molecule has 4 nitrogen and oxygen atoms in total. The Morgan fingerprint density at radius 3 is 2.45 bits per heavy atom. The van der Waals surface area contributed by atoms with E-state index in [0.29, 0.717) is 27.6 Å². The molecule has 0 bridgehead atoms. The van der Waals surface area contributed by atoms with E-state index in [2.05, 4.69) is 5.32 Å². The van der Waals surface area contributed by atoms with Gasteiger partial charge in [0.2, 0.25) is 0 Å². The molecule has 0 aliphatic rings. The fourth-order valence-electron chi connectivity index (χ4n) is 2.05. The molecule has 0 unspecified atom stereocenters. The predicted molar refractivity (Wildman–Crippen MR) is 78.6 cm³/mol. The molecule has 0 saturated heterocycles. The summed E-state index contributed by atoms with van der Waals surface area (Å²) in [5, 5.41) is 3.41. The van der Waals surface area contributed by atoms with Crippen LogP contribution in [0.4, 0.5) is 5.69 Å². The summed E-state index contributed by atoms with van der Waals surface area (Å²) in [6.45, 7) is 5.15. The molecule has 1 amide bonds. The highest BCUT2D eigenvalue weighted by Crippen LogP contribution is 2.21. The van der Waals surface area contributed by atoms with Gasteiger partial charge in [-0.1, -0.05) is 11.6 Å². The highest BCUT2D eigenvalue weighted by Gasteiger charge is 2.16. The molecule has 0 atom stereocenters. The van der Waals surface area contributed by atoms with E-state index in [1.54, 1.807) is 32.0 Å². The van der Waals surface area contributed by atoms with Crippen molar-refractivity contribution >= 4 is 23.2 Å². The third-order valence-corrected chi connectivity index (χ3v) is 3.23. The zero-order valence-electron chi connectivity index (χ0n) is 11.4. The number of hydrogen-bond acceptors (Lipinski definition) is 3. The first-order valence-electron chi connectivity index (χ1n) is 6.07. The average molecular weight is 292 g/mol. The molecule has 0 radical (unpaired) electrons. The number of carbonyl (C=O) groups excluding carboxylic acids is 1. The quantitative estimate of drug-likeness (QED) is 0.921. The van der Waals surface area contributed by atoms with Crippen LogP contribution in [0.15, 0.2) is 33.5 Å². The van der Waals surface area contributed by atoms with Crippen LogP contribution in [0.3, 0.4) is 0 Å². The number of nitrogens with one attached hydrogen (secondary N) is 1. The normalized spacial score (nSPS) is 10.4. The van der Waals surface area contributed by atoms with Crippen LogP contribution >= 0.6 is 11.6 Å². The number of anilines is 1. The Balaban J connectivity index is 2.36. The van der Waals surface area contributed by atoms with Gasteiger partial charge >= 0.3 is 5.63 Å². The Hall–Kier alpha value is -2.07. The minimum Gasteiger partial charge on any atom is -0.427 e. The Labute approximate surface area is 121 Å². The van der Waals surface area contributed by atoms with Crippen molar-refractivity contribution in [3.8, 4) is 0 Å². The standard InChI is InChI=1S/C15H14ClNO3/c1-8-6-11(16)4-5-12(8)17-15(19)14-9(2)7-13(18)20-10(14)3/h4-7H,1-3H3,(H,17,19). The minimum absolute atomic E-state index is 0.305. The van der Waals surface area contributed by atoms with Crippen LogP contribution in [0.25, 0.3) is 0 Å². The molecule has 1 N–H and O–H groups in total. The van der Waals surface area contributed by atoms with Crippen LogP contribution in [0.5, 0.6) is 0 Å². The third-order valence-electron chi connectivity index (χ3n) is 3.00. The van der Waals surface area contributed by atoms with Gasteiger partial charge in [-0.2, -0.15) is 0 Å². The topological polar surface area (TPSA) is 59.3 Å². The van der Waals surface area contributed by atoms with E-state index >= 15 is 0 Å². The highest BCUT2D eigenvalue weighted by molar-refractivity contribution is 6.30. The van der Waals surface area contributed by atoms with Crippen molar-refractivity contribution in [1.29, 1.82) is 0 Å². The monoisotopic (exact) mass is 291 g/mol. The largest absolute Gasteiger partial charge is 0.427 e. The van der Waals surface area contributed by atoms with Crippen LogP contribution in [0.2, 0.25) is 5.02 Å². The summed E-state index contributed by atoms with van der Waals surface area (Å²) in [7, 11) is 0. The minimum atomic E-state index is -0.459. The van der Waals surface area contributed by atoms with Gasteiger partial charge in [0.05, 0.1) is 5.56 Å². The molecule has 0 fully saturated rings. The fourth-order valence-corrected chi connectivity index (χ4v) is 2.28. The average Bonchev–Trinajstić information content (AvgIpc) is 2.31. The summed E-state index contributed by atoms with van der Waals surface area (Å²) in [6.07, 6.45) is 0. The van der Waals surface area contributed by atoms with Gasteiger partial charge in [0, 0.05) is 16.8 Å². The maximum Gasteiger partial charge on any atom is 0.336 e. The van der Waals surface area contributed by atoms with Crippen molar-refractivity contribution in [2.45, 2.75) is 20.8 Å². The van der Waals surface area contributed by atoms with E-state index < -0.39 is 5.63 Å². The van der Waals surface area contributed by atoms with Crippen LogP contribution in [-0.4, -0.2) is 5.91 Å². The highest BCUT2D eigenvalue weighted by atomic mass is 35.5. The van der Waals surface area contributed by atoms with Crippen LogP contribution < -0.4 is 10.9 Å². The van der Waals surface area contributed by atoms with E-state index in [0.717, 1.165) is 5.56 Å². The van der Waals surface area contributed by atoms with Crippen molar-refractivity contribution in [3.63, 3.8) is 0 Å². The SMILES string of the molecule is Cc1cc(Cl)ccc1NC(=O)c1c(C)cc(=O)oc1C. The smallest absolute Gasteiger partial charge is 0.336 e. The fraction of sp³-hybridized carbons (Fsp3) is 0.200. The summed E-state index contributed by atoms with van der Waals surface area (Å²) < 4.78 is 4.96. The number of hydrogen-bond donors (Lipinski definition) is 1. The van der Waals surface area contributed by atoms with Gasteiger partial charge in [0.25, 0.3) is 5.91 Å². The van der Waals surface area contributed by atoms with Gasteiger partial charge in [-0.25, -0.2) is 4.79 Å². The maximum absolute atomic E-state index is 12.3. The number of aryl methyl sites for hydroxylation is 3. The molecule has 0 aliphatic heterocycles. The molecule has 5 heteroatoms. The zero-order valence-corrected chi connectivity index (χ0v) is 12.2. The lowest BCUT2D eigenvalue weighted by atomic mass is 10.1. The van der Waals surface area contributed by atoms with Gasteiger partial charge in [-0.15, -0.1) is 0 Å². The van der Waals surface area contributed by atoms with Crippen molar-refractivity contribution in [1.82, 2.24) is 0 Å². The lowest BCUT2D eigenvalue weighted by Crippen LogP contribution is -2.17. The lowest BCUT2D eigenvalue weighted by Gasteiger charge is -2.11. The third kappa shape index (κ3) is 2.91. The van der Waals surface area contributed by atoms with Crippen molar-refractivity contribution in [3.05, 3.63) is 62.2 Å². The molecule has 2 aromatic rings. The first kappa shape index (κ1) is 14.3.